The Morgan fingerprint density at radius 1 is 0.897 bits per heavy atom. The molecular formula is C31H26N4O4. The Bertz CT molecular complexity index is 1740. The molecule has 8 nitrogen and oxygen atoms in total. The topological polar surface area (TPSA) is 86.0 Å². The van der Waals surface area contributed by atoms with Gasteiger partial charge in [0.1, 0.15) is 5.75 Å². The van der Waals surface area contributed by atoms with Gasteiger partial charge < -0.3 is 14.4 Å². The molecule has 0 saturated carbocycles. The molecule has 0 spiro atoms. The quantitative estimate of drug-likeness (QED) is 0.312. The van der Waals surface area contributed by atoms with Gasteiger partial charge in [0, 0.05) is 24.2 Å². The predicted molar refractivity (Wildman–Crippen MR) is 151 cm³/mol. The number of ether oxygens (including phenoxy) is 2. The van der Waals surface area contributed by atoms with Gasteiger partial charge in [-0.1, -0.05) is 72.8 Å². The van der Waals surface area contributed by atoms with E-state index >= 15 is 0 Å². The number of rotatable bonds is 6. The summed E-state index contributed by atoms with van der Waals surface area (Å²) in [5, 5.41) is 7.00. The normalized spacial score (nSPS) is 13.8. The minimum atomic E-state index is -0.277. The molecule has 6 rings (SSSR count). The molecule has 39 heavy (non-hydrogen) atoms. The van der Waals surface area contributed by atoms with Crippen LogP contribution in [0.3, 0.4) is 0 Å². The van der Waals surface area contributed by atoms with Crippen molar-refractivity contribution in [1.29, 1.82) is 0 Å². The highest BCUT2D eigenvalue weighted by Gasteiger charge is 2.18. The Labute approximate surface area is 224 Å². The van der Waals surface area contributed by atoms with Gasteiger partial charge in [-0.2, -0.15) is 9.78 Å². The maximum atomic E-state index is 13.6. The highest BCUT2D eigenvalue weighted by molar-refractivity contribution is 6.02. The van der Waals surface area contributed by atoms with Crippen LogP contribution < -0.4 is 10.3 Å². The molecule has 1 fully saturated rings. The van der Waals surface area contributed by atoms with E-state index in [-0.39, 0.29) is 18.1 Å². The van der Waals surface area contributed by atoms with Gasteiger partial charge in [-0.05, 0) is 29.0 Å². The first-order valence-corrected chi connectivity index (χ1v) is 12.8. The van der Waals surface area contributed by atoms with Gasteiger partial charge in [0.2, 0.25) is 0 Å². The van der Waals surface area contributed by atoms with Crippen molar-refractivity contribution in [2.45, 2.75) is 0 Å². The molecule has 0 aliphatic carbocycles. The van der Waals surface area contributed by atoms with Gasteiger partial charge in [0.25, 0.3) is 11.5 Å². The van der Waals surface area contributed by atoms with Crippen LogP contribution in [0, 0.1) is 0 Å². The van der Waals surface area contributed by atoms with Gasteiger partial charge in [0.05, 0.1) is 30.3 Å². The minimum absolute atomic E-state index is 0.101. The zero-order valence-corrected chi connectivity index (χ0v) is 21.2. The summed E-state index contributed by atoms with van der Waals surface area (Å²) in [5.41, 5.74) is 1.76. The molecule has 1 aromatic heterocycles. The summed E-state index contributed by atoms with van der Waals surface area (Å²) in [4.78, 5) is 32.9. The minimum Gasteiger partial charge on any atom is -0.483 e. The summed E-state index contributed by atoms with van der Waals surface area (Å²) in [6.45, 7) is 2.05. The van der Waals surface area contributed by atoms with Gasteiger partial charge in [0.15, 0.2) is 12.4 Å². The Morgan fingerprint density at radius 3 is 2.44 bits per heavy atom. The third kappa shape index (κ3) is 5.02. The van der Waals surface area contributed by atoms with Crippen LogP contribution in [0.1, 0.15) is 5.56 Å². The first-order valence-electron chi connectivity index (χ1n) is 12.8. The van der Waals surface area contributed by atoms with E-state index < -0.39 is 0 Å². The summed E-state index contributed by atoms with van der Waals surface area (Å²) in [7, 11) is 0. The second-order valence-electron chi connectivity index (χ2n) is 9.16. The van der Waals surface area contributed by atoms with Crippen molar-refractivity contribution < 1.29 is 14.3 Å². The van der Waals surface area contributed by atoms with Crippen molar-refractivity contribution in [3.05, 3.63) is 107 Å². The van der Waals surface area contributed by atoms with Crippen LogP contribution in [0.5, 0.6) is 5.75 Å². The third-order valence-corrected chi connectivity index (χ3v) is 6.73. The average Bonchev–Trinajstić information content (AvgIpc) is 3.00. The average molecular weight is 519 g/mol. The second-order valence-corrected chi connectivity index (χ2v) is 9.16. The van der Waals surface area contributed by atoms with Crippen LogP contribution >= 0.6 is 0 Å². The van der Waals surface area contributed by atoms with Crippen molar-refractivity contribution in [3.8, 4) is 17.1 Å². The molecular weight excluding hydrogens is 492 g/mol. The van der Waals surface area contributed by atoms with E-state index in [1.54, 1.807) is 17.2 Å². The monoisotopic (exact) mass is 518 g/mol. The van der Waals surface area contributed by atoms with E-state index in [1.807, 2.05) is 84.9 Å². The first kappa shape index (κ1) is 24.5. The van der Waals surface area contributed by atoms with Gasteiger partial charge >= 0.3 is 0 Å². The molecule has 8 heteroatoms. The van der Waals surface area contributed by atoms with Crippen LogP contribution in [-0.4, -0.2) is 59.6 Å². The molecule has 5 aromatic rings. The van der Waals surface area contributed by atoms with Crippen LogP contribution in [-0.2, 0) is 9.53 Å². The van der Waals surface area contributed by atoms with Crippen LogP contribution in [0.25, 0.3) is 33.1 Å². The molecule has 1 amide bonds. The number of morpholine rings is 1. The molecule has 0 radical (unpaired) electrons. The van der Waals surface area contributed by atoms with E-state index in [0.717, 1.165) is 16.3 Å². The van der Waals surface area contributed by atoms with E-state index in [0.29, 0.717) is 54.3 Å². The lowest BCUT2D eigenvalue weighted by Gasteiger charge is -2.26. The SMILES string of the molecule is O=C(COc1ccc2ccccc2c1C=Nn1c(-c2ccccc2)nc2ccccc2c1=O)N1CCOCC1. The van der Waals surface area contributed by atoms with Gasteiger partial charge in [-0.25, -0.2) is 4.98 Å². The zero-order chi connectivity index (χ0) is 26.6. The summed E-state index contributed by atoms with van der Waals surface area (Å²) in [6, 6.07) is 28.3. The molecule has 1 aliphatic rings. The smallest absolute Gasteiger partial charge is 0.282 e. The van der Waals surface area contributed by atoms with E-state index in [9.17, 15) is 9.59 Å². The molecule has 0 N–H and O–H groups in total. The number of carbonyl (C=O) groups excluding carboxylic acids is 1. The fraction of sp³-hybridized carbons (Fsp3) is 0.161. The number of benzene rings is 4. The predicted octanol–water partition coefficient (Wildman–Crippen LogP) is 4.34. The van der Waals surface area contributed by atoms with Crippen molar-refractivity contribution >= 4 is 33.8 Å². The zero-order valence-electron chi connectivity index (χ0n) is 21.2. The number of hydrogen-bond acceptors (Lipinski definition) is 6. The maximum Gasteiger partial charge on any atom is 0.282 e. The van der Waals surface area contributed by atoms with E-state index in [2.05, 4.69) is 5.10 Å². The summed E-state index contributed by atoms with van der Waals surface area (Å²) >= 11 is 0. The Morgan fingerprint density at radius 2 is 1.62 bits per heavy atom. The fourth-order valence-electron chi connectivity index (χ4n) is 4.70. The number of nitrogens with zero attached hydrogens (tertiary/aromatic N) is 4. The molecule has 0 unspecified atom stereocenters. The van der Waals surface area contributed by atoms with Crippen molar-refractivity contribution in [1.82, 2.24) is 14.6 Å². The van der Waals surface area contributed by atoms with Gasteiger partial charge in [-0.3, -0.25) is 9.59 Å². The van der Waals surface area contributed by atoms with Crippen LogP contribution in [0.4, 0.5) is 0 Å². The molecule has 4 aromatic carbocycles. The van der Waals surface area contributed by atoms with E-state index in [1.165, 1.54) is 4.68 Å². The van der Waals surface area contributed by atoms with Gasteiger partial charge in [-0.15, -0.1) is 0 Å². The van der Waals surface area contributed by atoms with Crippen molar-refractivity contribution in [2.24, 2.45) is 5.10 Å². The van der Waals surface area contributed by atoms with Crippen LogP contribution in [0.2, 0.25) is 0 Å². The Kier molecular flexibility index (Phi) is 6.84. The number of fused-ring (bicyclic) bond motifs is 2. The summed E-state index contributed by atoms with van der Waals surface area (Å²) in [5.74, 6) is 0.832. The fourth-order valence-corrected chi connectivity index (χ4v) is 4.70. The third-order valence-electron chi connectivity index (χ3n) is 6.73. The lowest BCUT2D eigenvalue weighted by molar-refractivity contribution is -0.137. The highest BCUT2D eigenvalue weighted by Crippen LogP contribution is 2.27. The van der Waals surface area contributed by atoms with Crippen LogP contribution in [0.15, 0.2) is 101 Å². The number of hydrogen-bond donors (Lipinski definition) is 0. The molecule has 1 aliphatic heterocycles. The number of aromatic nitrogens is 2. The molecule has 2 heterocycles. The Balaban J connectivity index is 1.43. The maximum absolute atomic E-state index is 13.6. The summed E-state index contributed by atoms with van der Waals surface area (Å²) in [6.07, 6.45) is 1.61. The van der Waals surface area contributed by atoms with Crippen molar-refractivity contribution in [3.63, 3.8) is 0 Å². The second kappa shape index (κ2) is 10.9. The molecule has 1 saturated heterocycles. The summed E-state index contributed by atoms with van der Waals surface area (Å²) < 4.78 is 12.7. The highest BCUT2D eigenvalue weighted by atomic mass is 16.5. The Hall–Kier alpha value is -4.82. The number of amides is 1. The lowest BCUT2D eigenvalue weighted by Crippen LogP contribution is -2.43. The van der Waals surface area contributed by atoms with E-state index in [4.69, 9.17) is 14.5 Å². The largest absolute Gasteiger partial charge is 0.483 e. The molecule has 0 atom stereocenters. The first-order chi connectivity index (χ1) is 19.2. The molecule has 194 valence electrons. The number of para-hydroxylation sites is 1. The molecule has 0 bridgehead atoms. The number of carbonyl (C=O) groups is 1. The standard InChI is InChI=1S/C31H26N4O4/c36-29(34-16-18-38-19-17-34)21-39-28-15-14-22-8-4-5-11-24(22)26(28)20-32-35-30(23-9-2-1-3-10-23)33-27-13-7-6-12-25(27)31(35)37/h1-15,20H,16-19,21H2. The lowest BCUT2D eigenvalue weighted by atomic mass is 10.0. The van der Waals surface area contributed by atoms with Crippen molar-refractivity contribution in [2.75, 3.05) is 32.9 Å².